The maximum Gasteiger partial charge on any atom is -0.00432 e. The summed E-state index contributed by atoms with van der Waals surface area (Å²) in [5.74, 6) is 0.667. The molecule has 94 valence electrons. The molecule has 0 radical (unpaired) electrons. The molecule has 1 nitrogen and oxygen atoms in total. The third-order valence-corrected chi connectivity index (χ3v) is 2.97. The number of nitrogens with one attached hydrogen (secondary N) is 1. The maximum atomic E-state index is 3.52. The first kappa shape index (κ1) is 15.4. The van der Waals surface area contributed by atoms with Gasteiger partial charge in [-0.2, -0.15) is 0 Å². The minimum atomic E-state index is 0.667. The van der Waals surface area contributed by atoms with Crippen molar-refractivity contribution in [3.05, 3.63) is 23.8 Å². The van der Waals surface area contributed by atoms with Crippen LogP contribution in [0, 0.1) is 5.92 Å². The van der Waals surface area contributed by atoms with Crippen molar-refractivity contribution in [1.29, 1.82) is 0 Å². The van der Waals surface area contributed by atoms with E-state index in [1.165, 1.54) is 37.8 Å². The smallest absolute Gasteiger partial charge is 0.00432 e. The summed E-state index contributed by atoms with van der Waals surface area (Å²) < 4.78 is 0. The second kappa shape index (κ2) is 10.9. The molecule has 0 fully saturated rings. The van der Waals surface area contributed by atoms with Gasteiger partial charge in [-0.3, -0.25) is 0 Å². The number of unbranched alkanes of at least 4 members (excludes halogenated alkanes) is 2. The molecular weight excluding hydrogens is 194 g/mol. The lowest BCUT2D eigenvalue weighted by molar-refractivity contribution is 0.545. The van der Waals surface area contributed by atoms with E-state index in [0.29, 0.717) is 5.92 Å². The Labute approximate surface area is 102 Å². The summed E-state index contributed by atoms with van der Waals surface area (Å²) in [6, 6.07) is 0. The molecule has 0 aliphatic rings. The molecule has 0 heterocycles. The van der Waals surface area contributed by atoms with Crippen LogP contribution in [0.2, 0.25) is 0 Å². The van der Waals surface area contributed by atoms with Gasteiger partial charge in [0.25, 0.3) is 0 Å². The molecular formula is C15H29N. The molecule has 1 N–H and O–H groups in total. The Balaban J connectivity index is 3.60. The van der Waals surface area contributed by atoms with E-state index in [9.17, 15) is 0 Å². The van der Waals surface area contributed by atoms with E-state index in [1.807, 2.05) is 0 Å². The molecule has 0 aromatic carbocycles. The van der Waals surface area contributed by atoms with Crippen LogP contribution in [0.5, 0.6) is 0 Å². The summed E-state index contributed by atoms with van der Waals surface area (Å²) in [6.07, 6.45) is 11.8. The summed E-state index contributed by atoms with van der Waals surface area (Å²) in [4.78, 5) is 0. The maximum absolute atomic E-state index is 3.52. The van der Waals surface area contributed by atoms with E-state index in [-0.39, 0.29) is 0 Å². The van der Waals surface area contributed by atoms with Crippen molar-refractivity contribution >= 4 is 0 Å². The van der Waals surface area contributed by atoms with Crippen LogP contribution in [-0.2, 0) is 0 Å². The fourth-order valence-corrected chi connectivity index (χ4v) is 1.85. The fraction of sp³-hybridized carbons (Fsp3) is 0.733. The molecule has 0 saturated carbocycles. The highest BCUT2D eigenvalue weighted by atomic mass is 14.8. The predicted molar refractivity (Wildman–Crippen MR) is 74.7 cm³/mol. The standard InChI is InChI=1S/C15H29N/c1-5-8-9-12-16-13-11-14(4)15(7-3)10-6-2/h6-7,10,14,16H,5,8-9,11-13H2,1-4H3/b10-6-,15-7+. The summed E-state index contributed by atoms with van der Waals surface area (Å²) >= 11 is 0. The van der Waals surface area contributed by atoms with Crippen molar-refractivity contribution < 1.29 is 0 Å². The molecule has 16 heavy (non-hydrogen) atoms. The van der Waals surface area contributed by atoms with Crippen molar-refractivity contribution in [2.45, 2.75) is 53.4 Å². The average molecular weight is 223 g/mol. The van der Waals surface area contributed by atoms with Gasteiger partial charge in [0.2, 0.25) is 0 Å². The minimum absolute atomic E-state index is 0.667. The van der Waals surface area contributed by atoms with Gasteiger partial charge in [0.1, 0.15) is 0 Å². The highest BCUT2D eigenvalue weighted by Gasteiger charge is 2.04. The topological polar surface area (TPSA) is 12.0 Å². The van der Waals surface area contributed by atoms with Gasteiger partial charge in [-0.15, -0.1) is 0 Å². The zero-order chi connectivity index (χ0) is 12.2. The Kier molecular flexibility index (Phi) is 10.6. The second-order valence-corrected chi connectivity index (χ2v) is 4.44. The monoisotopic (exact) mass is 223 g/mol. The lowest BCUT2D eigenvalue weighted by atomic mass is 9.97. The van der Waals surface area contributed by atoms with E-state index in [0.717, 1.165) is 6.54 Å². The first-order chi connectivity index (χ1) is 7.76. The normalized spacial score (nSPS) is 14.6. The Morgan fingerprint density at radius 2 is 1.94 bits per heavy atom. The third-order valence-electron chi connectivity index (χ3n) is 2.97. The van der Waals surface area contributed by atoms with Crippen LogP contribution in [0.3, 0.4) is 0 Å². The molecule has 0 aromatic heterocycles. The Bertz CT molecular complexity index is 203. The van der Waals surface area contributed by atoms with Gasteiger partial charge in [-0.05, 0) is 51.3 Å². The van der Waals surface area contributed by atoms with E-state index < -0.39 is 0 Å². The van der Waals surface area contributed by atoms with Crippen molar-refractivity contribution in [2.24, 2.45) is 5.92 Å². The number of rotatable bonds is 9. The summed E-state index contributed by atoms with van der Waals surface area (Å²) in [5, 5.41) is 3.52. The summed E-state index contributed by atoms with van der Waals surface area (Å²) in [5.41, 5.74) is 1.46. The average Bonchev–Trinajstić information content (AvgIpc) is 2.30. The van der Waals surface area contributed by atoms with Crippen molar-refractivity contribution in [1.82, 2.24) is 5.32 Å². The zero-order valence-electron chi connectivity index (χ0n) is 11.6. The van der Waals surface area contributed by atoms with E-state index >= 15 is 0 Å². The SMILES string of the molecule is C/C=C\C(=C/C)C(C)CCNCCCCC. The van der Waals surface area contributed by atoms with Crippen LogP contribution in [0.15, 0.2) is 23.8 Å². The molecule has 0 amide bonds. The van der Waals surface area contributed by atoms with E-state index in [1.54, 1.807) is 0 Å². The Hall–Kier alpha value is -0.560. The van der Waals surface area contributed by atoms with Crippen LogP contribution in [0.25, 0.3) is 0 Å². The van der Waals surface area contributed by atoms with E-state index in [2.05, 4.69) is 51.2 Å². The van der Waals surface area contributed by atoms with Gasteiger partial charge in [0, 0.05) is 0 Å². The molecule has 0 saturated heterocycles. The van der Waals surface area contributed by atoms with Crippen LogP contribution in [0.1, 0.15) is 53.4 Å². The molecule has 0 bridgehead atoms. The molecule has 0 aliphatic carbocycles. The van der Waals surface area contributed by atoms with Crippen molar-refractivity contribution in [3.63, 3.8) is 0 Å². The fourth-order valence-electron chi connectivity index (χ4n) is 1.85. The molecule has 0 rings (SSSR count). The Morgan fingerprint density at radius 3 is 2.50 bits per heavy atom. The van der Waals surface area contributed by atoms with Gasteiger partial charge in [-0.1, -0.05) is 44.9 Å². The Morgan fingerprint density at radius 1 is 1.19 bits per heavy atom. The number of allylic oxidation sites excluding steroid dienone is 4. The van der Waals surface area contributed by atoms with Gasteiger partial charge in [0.15, 0.2) is 0 Å². The van der Waals surface area contributed by atoms with Gasteiger partial charge in [0.05, 0.1) is 0 Å². The molecule has 1 heteroatoms. The van der Waals surface area contributed by atoms with Gasteiger partial charge >= 0.3 is 0 Å². The first-order valence-corrected chi connectivity index (χ1v) is 6.75. The second-order valence-electron chi connectivity index (χ2n) is 4.44. The van der Waals surface area contributed by atoms with E-state index in [4.69, 9.17) is 0 Å². The predicted octanol–water partition coefficient (Wildman–Crippen LogP) is 4.31. The first-order valence-electron chi connectivity index (χ1n) is 6.75. The minimum Gasteiger partial charge on any atom is -0.317 e. The molecule has 0 spiro atoms. The summed E-state index contributed by atoms with van der Waals surface area (Å²) in [6.45, 7) is 11.1. The quantitative estimate of drug-likeness (QED) is 0.453. The molecule has 0 aromatic rings. The number of hydrogen-bond donors (Lipinski definition) is 1. The van der Waals surface area contributed by atoms with Crippen LogP contribution in [-0.4, -0.2) is 13.1 Å². The highest BCUT2D eigenvalue weighted by Crippen LogP contribution is 2.15. The van der Waals surface area contributed by atoms with Crippen molar-refractivity contribution in [3.8, 4) is 0 Å². The van der Waals surface area contributed by atoms with Crippen LogP contribution >= 0.6 is 0 Å². The molecule has 1 atom stereocenters. The van der Waals surface area contributed by atoms with Crippen molar-refractivity contribution in [2.75, 3.05) is 13.1 Å². The largest absolute Gasteiger partial charge is 0.317 e. The highest BCUT2D eigenvalue weighted by molar-refractivity contribution is 5.19. The molecule has 0 aliphatic heterocycles. The lowest BCUT2D eigenvalue weighted by Gasteiger charge is -2.13. The third kappa shape index (κ3) is 7.70. The number of hydrogen-bond acceptors (Lipinski definition) is 1. The zero-order valence-corrected chi connectivity index (χ0v) is 11.6. The lowest BCUT2D eigenvalue weighted by Crippen LogP contribution is -2.19. The van der Waals surface area contributed by atoms with Gasteiger partial charge in [-0.25, -0.2) is 0 Å². The molecule has 1 unspecified atom stereocenters. The van der Waals surface area contributed by atoms with Crippen LogP contribution in [0.4, 0.5) is 0 Å². The van der Waals surface area contributed by atoms with Crippen LogP contribution < -0.4 is 5.32 Å². The summed E-state index contributed by atoms with van der Waals surface area (Å²) in [7, 11) is 0. The van der Waals surface area contributed by atoms with Gasteiger partial charge < -0.3 is 5.32 Å².